The zero-order valence-corrected chi connectivity index (χ0v) is 36.8. The molecule has 65 heavy (non-hydrogen) atoms. The fourth-order valence-corrected chi connectivity index (χ4v) is 11.2. The molecule has 0 aromatic heterocycles. The topological polar surface area (TPSA) is 0 Å². The van der Waals surface area contributed by atoms with Crippen molar-refractivity contribution >= 4 is 32.3 Å². The van der Waals surface area contributed by atoms with Crippen molar-refractivity contribution in [2.45, 2.75) is 25.7 Å². The summed E-state index contributed by atoms with van der Waals surface area (Å²) in [6, 6.07) is 88.4. The molecule has 0 spiro atoms. The third kappa shape index (κ3) is 6.51. The fourth-order valence-electron chi connectivity index (χ4n) is 11.2. The van der Waals surface area contributed by atoms with Gasteiger partial charge in [-0.2, -0.15) is 0 Å². The van der Waals surface area contributed by atoms with E-state index in [1.165, 1.54) is 116 Å². The van der Waals surface area contributed by atoms with Crippen LogP contribution < -0.4 is 0 Å². The van der Waals surface area contributed by atoms with E-state index in [9.17, 15) is 0 Å². The minimum Gasteiger partial charge on any atom is -0.0627 e. The summed E-state index contributed by atoms with van der Waals surface area (Å²) < 4.78 is 0. The third-order valence-electron chi connectivity index (χ3n) is 14.0. The van der Waals surface area contributed by atoms with Crippen LogP contribution in [0.3, 0.4) is 0 Å². The first-order valence-corrected chi connectivity index (χ1v) is 23.1. The van der Waals surface area contributed by atoms with Crippen LogP contribution >= 0.6 is 0 Å². The van der Waals surface area contributed by atoms with Crippen LogP contribution in [-0.2, 0) is 5.41 Å². The second-order valence-electron chi connectivity index (χ2n) is 18.3. The van der Waals surface area contributed by atoms with Crippen LogP contribution in [-0.4, -0.2) is 0 Å². The lowest BCUT2D eigenvalue weighted by Gasteiger charge is -2.35. The van der Waals surface area contributed by atoms with Crippen molar-refractivity contribution in [1.29, 1.82) is 0 Å². The van der Waals surface area contributed by atoms with Gasteiger partial charge in [0.2, 0.25) is 0 Å². The molecule has 0 aliphatic heterocycles. The average molecular weight is 829 g/mol. The fraction of sp³-hybridized carbons (Fsp3) is 0.0769. The first kappa shape index (κ1) is 38.8. The van der Waals surface area contributed by atoms with Crippen LogP contribution in [0, 0.1) is 5.92 Å². The second kappa shape index (κ2) is 15.8. The summed E-state index contributed by atoms with van der Waals surface area (Å²) in [6.45, 7) is 4.76. The highest BCUT2D eigenvalue weighted by Gasteiger charge is 2.45. The van der Waals surface area contributed by atoms with E-state index in [4.69, 9.17) is 0 Å². The minimum atomic E-state index is -0.296. The Bertz CT molecular complexity index is 3460. The zero-order valence-electron chi connectivity index (χ0n) is 36.8. The van der Waals surface area contributed by atoms with E-state index < -0.39 is 0 Å². The van der Waals surface area contributed by atoms with E-state index in [1.54, 1.807) is 0 Å². The Kier molecular flexibility index (Phi) is 9.42. The molecule has 0 saturated carbocycles. The van der Waals surface area contributed by atoms with Crippen LogP contribution in [0.15, 0.2) is 237 Å². The van der Waals surface area contributed by atoms with Crippen molar-refractivity contribution < 1.29 is 0 Å². The molecular formula is C65H48. The summed E-state index contributed by atoms with van der Waals surface area (Å²) in [6.07, 6.45) is 1.01. The summed E-state index contributed by atoms with van der Waals surface area (Å²) in [4.78, 5) is 0. The molecule has 0 nitrogen and oxygen atoms in total. The molecule has 0 fully saturated rings. The lowest BCUT2D eigenvalue weighted by molar-refractivity contribution is 0.461. The van der Waals surface area contributed by atoms with Crippen molar-refractivity contribution in [3.63, 3.8) is 0 Å². The summed E-state index contributed by atoms with van der Waals surface area (Å²) in [5.41, 5.74) is 18.9. The summed E-state index contributed by atoms with van der Waals surface area (Å²) in [5, 5.41) is 7.62. The molecule has 11 aromatic carbocycles. The minimum absolute atomic E-state index is 0.296. The van der Waals surface area contributed by atoms with Gasteiger partial charge in [-0.25, -0.2) is 0 Å². The van der Waals surface area contributed by atoms with Gasteiger partial charge >= 0.3 is 0 Å². The highest BCUT2D eigenvalue weighted by molar-refractivity contribution is 6.21. The highest BCUT2D eigenvalue weighted by atomic mass is 14.5. The van der Waals surface area contributed by atoms with Crippen molar-refractivity contribution in [1.82, 2.24) is 0 Å². The lowest BCUT2D eigenvalue weighted by atomic mass is 9.67. The van der Waals surface area contributed by atoms with E-state index >= 15 is 0 Å². The maximum atomic E-state index is 2.56. The number of rotatable bonds is 8. The predicted octanol–water partition coefficient (Wildman–Crippen LogP) is 17.8. The van der Waals surface area contributed by atoms with E-state index in [0.717, 1.165) is 6.42 Å². The molecule has 11 aromatic rings. The van der Waals surface area contributed by atoms with Crippen LogP contribution in [0.25, 0.3) is 99.1 Å². The average Bonchev–Trinajstić information content (AvgIpc) is 3.64. The number of hydrogen-bond acceptors (Lipinski definition) is 0. The molecule has 0 amide bonds. The Hall–Kier alpha value is -7.80. The third-order valence-corrected chi connectivity index (χ3v) is 14.0. The summed E-state index contributed by atoms with van der Waals surface area (Å²) >= 11 is 0. The smallest absolute Gasteiger partial charge is 0.0466 e. The maximum absolute atomic E-state index is 2.56. The normalized spacial score (nSPS) is 14.3. The van der Waals surface area contributed by atoms with Gasteiger partial charge in [-0.15, -0.1) is 0 Å². The highest BCUT2D eigenvalue weighted by Crippen LogP contribution is 2.57. The first-order chi connectivity index (χ1) is 32.0. The molecule has 308 valence electrons. The van der Waals surface area contributed by atoms with E-state index in [-0.39, 0.29) is 5.41 Å². The van der Waals surface area contributed by atoms with Crippen molar-refractivity contribution in [3.05, 3.63) is 253 Å². The zero-order chi connectivity index (χ0) is 43.5. The van der Waals surface area contributed by atoms with Gasteiger partial charge in [0.05, 0.1) is 0 Å². The Labute approximate surface area is 382 Å². The first-order valence-electron chi connectivity index (χ1n) is 23.1. The van der Waals surface area contributed by atoms with E-state index in [1.807, 2.05) is 0 Å². The van der Waals surface area contributed by atoms with Gasteiger partial charge < -0.3 is 0 Å². The monoisotopic (exact) mass is 828 g/mol. The number of benzene rings is 11. The molecule has 12 rings (SSSR count). The van der Waals surface area contributed by atoms with Gasteiger partial charge in [0, 0.05) is 5.41 Å². The van der Waals surface area contributed by atoms with Crippen LogP contribution in [0.4, 0.5) is 0 Å². The Balaban J connectivity index is 1.03. The van der Waals surface area contributed by atoms with Gasteiger partial charge in [0.15, 0.2) is 0 Å². The van der Waals surface area contributed by atoms with Crippen LogP contribution in [0.1, 0.15) is 37.0 Å². The molecule has 1 aliphatic rings. The SMILES string of the molecule is CC(C)CC1(c2ccc3ccccc3c2)c2ccccc2-c2ccc(-c3c4ccccc4c(-c4ccc(-c5cc(-c6ccccc6)cc(-c6ccccc6)c5)cc4)c4ccccc34)cc21. The quantitative estimate of drug-likeness (QED) is 0.134. The van der Waals surface area contributed by atoms with E-state index in [0.29, 0.717) is 5.92 Å². The van der Waals surface area contributed by atoms with Crippen molar-refractivity contribution in [2.24, 2.45) is 5.92 Å². The number of hydrogen-bond donors (Lipinski definition) is 0. The molecule has 0 heteroatoms. The van der Waals surface area contributed by atoms with E-state index in [2.05, 4.69) is 250 Å². The molecule has 0 radical (unpaired) electrons. The van der Waals surface area contributed by atoms with Gasteiger partial charge in [0.25, 0.3) is 0 Å². The largest absolute Gasteiger partial charge is 0.0627 e. The summed E-state index contributed by atoms with van der Waals surface area (Å²) in [5.74, 6) is 0.468. The number of fused-ring (bicyclic) bond motifs is 6. The molecule has 0 bridgehead atoms. The Morgan fingerprint density at radius 1 is 0.308 bits per heavy atom. The molecule has 1 aliphatic carbocycles. The molecule has 1 atom stereocenters. The molecule has 1 unspecified atom stereocenters. The van der Waals surface area contributed by atoms with Crippen LogP contribution in [0.5, 0.6) is 0 Å². The summed E-state index contributed by atoms with van der Waals surface area (Å²) in [7, 11) is 0. The Morgan fingerprint density at radius 3 is 1.34 bits per heavy atom. The van der Waals surface area contributed by atoms with Crippen molar-refractivity contribution in [2.75, 3.05) is 0 Å². The van der Waals surface area contributed by atoms with Gasteiger partial charge in [0.1, 0.15) is 0 Å². The second-order valence-corrected chi connectivity index (χ2v) is 18.3. The standard InChI is InChI=1S/C65H48/c1-43(2)42-65(54-35-33-46-21-9-10-22-49(46)40-54)61-28-16-15-23-55(61)56-36-34-50(41-62(56)65)64-59-26-13-11-24-57(59)63(58-25-12-14-27-60(58)64)48-31-29-47(30-32-48)53-38-51(44-17-5-3-6-18-44)37-52(39-53)45-19-7-4-8-20-45/h3-41,43H,42H2,1-2H3. The predicted molar refractivity (Wildman–Crippen MR) is 277 cm³/mol. The lowest BCUT2D eigenvalue weighted by Crippen LogP contribution is -2.29. The molecule has 0 N–H and O–H groups in total. The van der Waals surface area contributed by atoms with Gasteiger partial charge in [-0.3, -0.25) is 0 Å². The van der Waals surface area contributed by atoms with Gasteiger partial charge in [-0.1, -0.05) is 220 Å². The maximum Gasteiger partial charge on any atom is 0.0466 e. The molecule has 0 saturated heterocycles. The Morgan fingerprint density at radius 2 is 0.754 bits per heavy atom. The van der Waals surface area contributed by atoms with Gasteiger partial charge in [-0.05, 0) is 158 Å². The molecule has 0 heterocycles. The van der Waals surface area contributed by atoms with Crippen molar-refractivity contribution in [3.8, 4) is 66.8 Å². The molecular weight excluding hydrogens is 781 g/mol. The van der Waals surface area contributed by atoms with Crippen LogP contribution in [0.2, 0.25) is 0 Å².